The van der Waals surface area contributed by atoms with Crippen LogP contribution in [0.15, 0.2) is 24.4 Å². The number of hydrogen-bond acceptors (Lipinski definition) is 2. The third-order valence-electron chi connectivity index (χ3n) is 7.83. The number of fused-ring (bicyclic) bond motifs is 2. The summed E-state index contributed by atoms with van der Waals surface area (Å²) >= 11 is 0. The van der Waals surface area contributed by atoms with Gasteiger partial charge in [-0.2, -0.15) is 0 Å². The topological polar surface area (TPSA) is 38.1 Å². The maximum absolute atomic E-state index is 13.9. The van der Waals surface area contributed by atoms with E-state index >= 15 is 0 Å². The van der Waals surface area contributed by atoms with Crippen LogP contribution in [0.4, 0.5) is 8.78 Å². The summed E-state index contributed by atoms with van der Waals surface area (Å²) in [4.78, 5) is 20.0. The Balaban J connectivity index is 1.41. The van der Waals surface area contributed by atoms with Crippen molar-refractivity contribution < 1.29 is 13.6 Å². The minimum absolute atomic E-state index is 0.0561. The Bertz CT molecular complexity index is 965. The normalized spacial score (nSPS) is 28.1. The van der Waals surface area contributed by atoms with Gasteiger partial charge in [-0.1, -0.05) is 6.42 Å². The molecule has 1 amide bonds. The van der Waals surface area contributed by atoms with E-state index in [-0.39, 0.29) is 16.9 Å². The summed E-state index contributed by atoms with van der Waals surface area (Å²) in [6, 6.07) is 6.24. The van der Waals surface area contributed by atoms with Crippen LogP contribution in [0.2, 0.25) is 0 Å². The number of amides is 1. The van der Waals surface area contributed by atoms with E-state index in [1.54, 1.807) is 6.07 Å². The third-order valence-corrected chi connectivity index (χ3v) is 7.83. The second-order valence-corrected chi connectivity index (χ2v) is 9.48. The molecule has 2 aromatic heterocycles. The summed E-state index contributed by atoms with van der Waals surface area (Å²) in [5, 5.41) is 0. The van der Waals surface area contributed by atoms with Crippen molar-refractivity contribution in [2.24, 2.45) is 11.3 Å². The standard InChI is InChI=1S/C24H29F2N3O/c1-15-5-6-16(2)29(15)20-11-19-4-3-8-24(19,12-20)23(30)28-9-7-21-18(14-28)10-17(13-27-21)22(25)26/h5-6,10,13,19-20,22H,3-4,7-9,11-12,14H2,1-2H3/t19-,20-,24-/m1/s1. The van der Waals surface area contributed by atoms with Crippen LogP contribution in [0.25, 0.3) is 0 Å². The lowest BCUT2D eigenvalue weighted by molar-refractivity contribution is -0.144. The molecular formula is C24H29F2N3O. The average molecular weight is 414 g/mol. The predicted molar refractivity (Wildman–Crippen MR) is 110 cm³/mol. The average Bonchev–Trinajstić information content (AvgIpc) is 3.38. The maximum Gasteiger partial charge on any atom is 0.265 e. The van der Waals surface area contributed by atoms with Gasteiger partial charge in [0.1, 0.15) is 0 Å². The first kappa shape index (κ1) is 19.7. The summed E-state index contributed by atoms with van der Waals surface area (Å²) in [6.45, 7) is 5.32. The lowest BCUT2D eigenvalue weighted by Crippen LogP contribution is -2.46. The Hall–Kier alpha value is -2.24. The van der Waals surface area contributed by atoms with Crippen LogP contribution in [-0.2, 0) is 17.8 Å². The highest BCUT2D eigenvalue weighted by molar-refractivity contribution is 5.84. The molecule has 5 rings (SSSR count). The molecule has 2 saturated carbocycles. The van der Waals surface area contributed by atoms with Gasteiger partial charge in [0.25, 0.3) is 6.43 Å². The van der Waals surface area contributed by atoms with Crippen molar-refractivity contribution in [2.75, 3.05) is 6.54 Å². The van der Waals surface area contributed by atoms with E-state index in [2.05, 4.69) is 35.5 Å². The smallest absolute Gasteiger partial charge is 0.265 e. The molecule has 3 heterocycles. The first-order valence-electron chi connectivity index (χ1n) is 11.1. The quantitative estimate of drug-likeness (QED) is 0.698. The van der Waals surface area contributed by atoms with Gasteiger partial charge in [0.2, 0.25) is 5.91 Å². The second kappa shape index (κ2) is 7.17. The molecule has 4 nitrogen and oxygen atoms in total. The van der Waals surface area contributed by atoms with Crippen molar-refractivity contribution in [3.63, 3.8) is 0 Å². The van der Waals surface area contributed by atoms with Gasteiger partial charge < -0.3 is 9.47 Å². The summed E-state index contributed by atoms with van der Waals surface area (Å²) in [5.41, 5.74) is 3.81. The van der Waals surface area contributed by atoms with Crippen molar-refractivity contribution in [3.05, 3.63) is 52.6 Å². The maximum atomic E-state index is 13.9. The molecule has 0 spiro atoms. The Kier molecular flexibility index (Phi) is 4.71. The van der Waals surface area contributed by atoms with Crippen LogP contribution >= 0.6 is 0 Å². The number of aromatic nitrogens is 2. The fourth-order valence-electron chi connectivity index (χ4n) is 6.46. The number of alkyl halides is 2. The highest BCUT2D eigenvalue weighted by atomic mass is 19.3. The van der Waals surface area contributed by atoms with E-state index in [9.17, 15) is 13.6 Å². The molecule has 1 aliphatic heterocycles. The molecule has 0 bridgehead atoms. The molecule has 2 fully saturated rings. The van der Waals surface area contributed by atoms with E-state index in [0.29, 0.717) is 31.5 Å². The van der Waals surface area contributed by atoms with E-state index < -0.39 is 6.43 Å². The predicted octanol–water partition coefficient (Wildman–Crippen LogP) is 5.14. The van der Waals surface area contributed by atoms with Gasteiger partial charge in [-0.15, -0.1) is 0 Å². The van der Waals surface area contributed by atoms with E-state index in [0.717, 1.165) is 43.4 Å². The minimum atomic E-state index is -2.53. The minimum Gasteiger partial charge on any atom is -0.346 e. The molecule has 30 heavy (non-hydrogen) atoms. The van der Waals surface area contributed by atoms with E-state index in [4.69, 9.17) is 0 Å². The molecule has 0 aromatic carbocycles. The molecule has 160 valence electrons. The summed E-state index contributed by atoms with van der Waals surface area (Å²) in [6.07, 6.45) is 4.51. The third kappa shape index (κ3) is 2.98. The zero-order valence-electron chi connectivity index (χ0n) is 17.7. The number of aryl methyl sites for hydroxylation is 2. The fraction of sp³-hybridized carbons (Fsp3) is 0.583. The van der Waals surface area contributed by atoms with Gasteiger partial charge in [-0.25, -0.2) is 8.78 Å². The first-order chi connectivity index (χ1) is 14.4. The van der Waals surface area contributed by atoms with Crippen molar-refractivity contribution in [1.29, 1.82) is 0 Å². The largest absolute Gasteiger partial charge is 0.346 e. The highest BCUT2D eigenvalue weighted by Gasteiger charge is 2.56. The Morgan fingerprint density at radius 1 is 1.27 bits per heavy atom. The lowest BCUT2D eigenvalue weighted by Gasteiger charge is -2.37. The Morgan fingerprint density at radius 3 is 2.77 bits per heavy atom. The number of nitrogens with zero attached hydrogens (tertiary/aromatic N) is 3. The molecule has 0 radical (unpaired) electrons. The molecule has 6 heteroatoms. The molecule has 3 atom stereocenters. The SMILES string of the molecule is Cc1ccc(C)n1[C@@H]1C[C@H]2CCC[C@@]2(C(=O)N2CCc3ncc(C(F)F)cc3C2)C1. The van der Waals surface area contributed by atoms with Crippen LogP contribution in [0.5, 0.6) is 0 Å². The molecule has 0 N–H and O–H groups in total. The van der Waals surface area contributed by atoms with Gasteiger partial charge in [0.05, 0.1) is 5.41 Å². The van der Waals surface area contributed by atoms with Gasteiger partial charge in [-0.3, -0.25) is 9.78 Å². The van der Waals surface area contributed by atoms with Crippen molar-refractivity contribution in [1.82, 2.24) is 14.5 Å². The summed E-state index contributed by atoms with van der Waals surface area (Å²) < 4.78 is 28.7. The molecular weight excluding hydrogens is 384 g/mol. The molecule has 2 aliphatic carbocycles. The number of hydrogen-bond donors (Lipinski definition) is 0. The Morgan fingerprint density at radius 2 is 2.03 bits per heavy atom. The summed E-state index contributed by atoms with van der Waals surface area (Å²) in [5.74, 6) is 0.659. The number of carbonyl (C=O) groups is 1. The molecule has 0 saturated heterocycles. The van der Waals surface area contributed by atoms with Gasteiger partial charge in [0, 0.05) is 54.4 Å². The van der Waals surface area contributed by atoms with Crippen LogP contribution in [-0.4, -0.2) is 26.9 Å². The van der Waals surface area contributed by atoms with Gasteiger partial charge >= 0.3 is 0 Å². The summed E-state index contributed by atoms with van der Waals surface area (Å²) in [7, 11) is 0. The molecule has 3 aliphatic rings. The molecule has 0 unspecified atom stereocenters. The number of carbonyl (C=O) groups excluding carboxylic acids is 1. The first-order valence-corrected chi connectivity index (χ1v) is 11.1. The number of pyridine rings is 1. The monoisotopic (exact) mass is 413 g/mol. The van der Waals surface area contributed by atoms with Crippen LogP contribution in [0.3, 0.4) is 0 Å². The lowest BCUT2D eigenvalue weighted by atomic mass is 9.78. The second-order valence-electron chi connectivity index (χ2n) is 9.48. The van der Waals surface area contributed by atoms with Crippen LogP contribution in [0.1, 0.15) is 72.8 Å². The number of halogens is 2. The zero-order chi connectivity index (χ0) is 21.0. The van der Waals surface area contributed by atoms with Crippen molar-refractivity contribution >= 4 is 5.91 Å². The van der Waals surface area contributed by atoms with Crippen LogP contribution < -0.4 is 0 Å². The van der Waals surface area contributed by atoms with E-state index in [1.165, 1.54) is 17.6 Å². The Labute approximate surface area is 176 Å². The van der Waals surface area contributed by atoms with Gasteiger partial charge in [-0.05, 0) is 69.2 Å². The zero-order valence-corrected chi connectivity index (χ0v) is 17.7. The van der Waals surface area contributed by atoms with Crippen molar-refractivity contribution in [3.8, 4) is 0 Å². The van der Waals surface area contributed by atoms with E-state index in [1.807, 2.05) is 4.90 Å². The van der Waals surface area contributed by atoms with Crippen molar-refractivity contribution in [2.45, 2.75) is 71.4 Å². The highest BCUT2D eigenvalue weighted by Crippen LogP contribution is 2.59. The molecule has 2 aromatic rings. The van der Waals surface area contributed by atoms with Crippen LogP contribution in [0, 0.1) is 25.2 Å². The number of rotatable bonds is 3. The fourth-order valence-corrected chi connectivity index (χ4v) is 6.46. The van der Waals surface area contributed by atoms with Gasteiger partial charge in [0.15, 0.2) is 0 Å².